The fraction of sp³-hybridized carbons (Fsp3) is 0.136. The third-order valence-electron chi connectivity index (χ3n) is 4.58. The average molecular weight is 417 g/mol. The van der Waals surface area contributed by atoms with Gasteiger partial charge in [-0.25, -0.2) is 14.2 Å². The van der Waals surface area contributed by atoms with Gasteiger partial charge in [0.05, 0.1) is 16.8 Å². The molecule has 0 aliphatic carbocycles. The number of fused-ring (bicyclic) bond motifs is 1. The summed E-state index contributed by atoms with van der Waals surface area (Å²) in [7, 11) is 1.45. The van der Waals surface area contributed by atoms with Gasteiger partial charge in [0.15, 0.2) is 12.3 Å². The van der Waals surface area contributed by atoms with Crippen LogP contribution in [0, 0.1) is 6.92 Å². The lowest BCUT2D eigenvalue weighted by atomic mass is 10.1. The summed E-state index contributed by atoms with van der Waals surface area (Å²) in [6, 6.07) is 17.7. The van der Waals surface area contributed by atoms with Gasteiger partial charge in [-0.2, -0.15) is 10.2 Å². The summed E-state index contributed by atoms with van der Waals surface area (Å²) in [6.45, 7) is 1.29. The van der Waals surface area contributed by atoms with Gasteiger partial charge in [-0.1, -0.05) is 36.4 Å². The number of rotatable bonds is 5. The van der Waals surface area contributed by atoms with Crippen LogP contribution in [0.3, 0.4) is 0 Å². The smallest absolute Gasteiger partial charge is 0.359 e. The minimum Gasteiger partial charge on any atom is -0.451 e. The molecule has 0 aliphatic heterocycles. The van der Waals surface area contributed by atoms with Crippen molar-refractivity contribution in [1.82, 2.24) is 19.6 Å². The zero-order valence-electron chi connectivity index (χ0n) is 16.9. The van der Waals surface area contributed by atoms with E-state index in [2.05, 4.69) is 15.5 Å². The zero-order valence-corrected chi connectivity index (χ0v) is 16.9. The zero-order chi connectivity index (χ0) is 22.0. The number of amides is 1. The molecule has 0 saturated heterocycles. The fourth-order valence-corrected chi connectivity index (χ4v) is 3.18. The highest BCUT2D eigenvalue weighted by Gasteiger charge is 2.19. The maximum atomic E-state index is 12.6. The number of nitrogens with zero attached hydrogens (tertiary/aromatic N) is 4. The van der Waals surface area contributed by atoms with E-state index in [9.17, 15) is 14.4 Å². The van der Waals surface area contributed by atoms with Crippen LogP contribution in [0.4, 0.5) is 5.82 Å². The van der Waals surface area contributed by atoms with Crippen molar-refractivity contribution in [3.63, 3.8) is 0 Å². The first-order valence-corrected chi connectivity index (χ1v) is 9.49. The molecule has 1 N–H and O–H groups in total. The number of aryl methyl sites for hydroxylation is 2. The van der Waals surface area contributed by atoms with E-state index in [1.54, 1.807) is 35.0 Å². The van der Waals surface area contributed by atoms with Crippen LogP contribution in [-0.2, 0) is 16.6 Å². The molecule has 1 amide bonds. The first kappa shape index (κ1) is 20.0. The Morgan fingerprint density at radius 3 is 2.42 bits per heavy atom. The minimum atomic E-state index is -0.797. The number of carbonyl (C=O) groups is 2. The number of hydrogen-bond donors (Lipinski definition) is 1. The maximum absolute atomic E-state index is 12.6. The monoisotopic (exact) mass is 417 g/mol. The van der Waals surface area contributed by atoms with E-state index in [0.29, 0.717) is 16.6 Å². The molecule has 0 aliphatic rings. The second kappa shape index (κ2) is 8.23. The molecule has 0 atom stereocenters. The Balaban J connectivity index is 1.50. The van der Waals surface area contributed by atoms with Crippen LogP contribution < -0.4 is 10.9 Å². The molecule has 2 aromatic heterocycles. The quantitative estimate of drug-likeness (QED) is 0.499. The number of hydrogen-bond acceptors (Lipinski definition) is 6. The fourth-order valence-electron chi connectivity index (χ4n) is 3.18. The van der Waals surface area contributed by atoms with Crippen molar-refractivity contribution in [1.29, 1.82) is 0 Å². The normalized spacial score (nSPS) is 10.8. The SMILES string of the molecule is Cc1cc(NC(=O)COC(=O)c2nn(C)c(=O)c3ccccc23)n(-c2ccccc2)n1. The second-order valence-corrected chi connectivity index (χ2v) is 6.87. The number of para-hydroxylation sites is 1. The molecule has 31 heavy (non-hydrogen) atoms. The second-order valence-electron chi connectivity index (χ2n) is 6.87. The Morgan fingerprint density at radius 2 is 1.68 bits per heavy atom. The number of benzene rings is 2. The average Bonchev–Trinajstić information content (AvgIpc) is 3.15. The third-order valence-corrected chi connectivity index (χ3v) is 4.58. The van der Waals surface area contributed by atoms with E-state index in [0.717, 1.165) is 16.1 Å². The number of anilines is 1. The van der Waals surface area contributed by atoms with Crippen LogP contribution in [0.1, 0.15) is 16.2 Å². The Bertz CT molecular complexity index is 1340. The molecule has 4 aromatic rings. The summed E-state index contributed by atoms with van der Waals surface area (Å²) in [6.07, 6.45) is 0. The van der Waals surface area contributed by atoms with Crippen molar-refractivity contribution in [2.24, 2.45) is 7.05 Å². The van der Waals surface area contributed by atoms with E-state index in [1.165, 1.54) is 7.05 Å². The molecule has 0 unspecified atom stereocenters. The molecule has 2 heterocycles. The molecule has 0 saturated carbocycles. The van der Waals surface area contributed by atoms with Crippen LogP contribution in [0.15, 0.2) is 65.5 Å². The summed E-state index contributed by atoms with van der Waals surface area (Å²) < 4.78 is 7.82. The van der Waals surface area contributed by atoms with Crippen molar-refractivity contribution >= 4 is 28.5 Å². The Labute approximate surface area is 176 Å². The van der Waals surface area contributed by atoms with Crippen molar-refractivity contribution in [2.75, 3.05) is 11.9 Å². The number of ether oxygens (including phenoxy) is 1. The number of esters is 1. The number of nitrogens with one attached hydrogen (secondary N) is 1. The standard InChI is InChI=1S/C22H19N5O4/c1-14-12-18(27(24-14)15-8-4-3-5-9-15)23-19(28)13-31-22(30)20-16-10-6-7-11-17(16)21(29)26(2)25-20/h3-12H,13H2,1-2H3,(H,23,28). The summed E-state index contributed by atoms with van der Waals surface area (Å²) >= 11 is 0. The van der Waals surface area contributed by atoms with Gasteiger partial charge >= 0.3 is 5.97 Å². The summed E-state index contributed by atoms with van der Waals surface area (Å²) in [4.78, 5) is 37.2. The molecule has 2 aromatic carbocycles. The van der Waals surface area contributed by atoms with Crippen molar-refractivity contribution in [2.45, 2.75) is 6.92 Å². The predicted octanol–water partition coefficient (Wildman–Crippen LogP) is 2.22. The first-order chi connectivity index (χ1) is 14.9. The molecular formula is C22H19N5O4. The van der Waals surface area contributed by atoms with Gasteiger partial charge in [-0.05, 0) is 25.1 Å². The molecule has 156 valence electrons. The van der Waals surface area contributed by atoms with Crippen LogP contribution in [0.2, 0.25) is 0 Å². The molecule has 0 fully saturated rings. The highest BCUT2D eigenvalue weighted by Crippen LogP contribution is 2.17. The van der Waals surface area contributed by atoms with Gasteiger partial charge in [0.25, 0.3) is 11.5 Å². The van der Waals surface area contributed by atoms with Gasteiger partial charge in [-0.3, -0.25) is 9.59 Å². The minimum absolute atomic E-state index is 0.0318. The van der Waals surface area contributed by atoms with E-state index in [-0.39, 0.29) is 11.3 Å². The van der Waals surface area contributed by atoms with Crippen LogP contribution in [-0.4, -0.2) is 38.0 Å². The first-order valence-electron chi connectivity index (χ1n) is 9.49. The van der Waals surface area contributed by atoms with Gasteiger partial charge in [0, 0.05) is 18.5 Å². The van der Waals surface area contributed by atoms with Crippen molar-refractivity contribution in [3.05, 3.63) is 82.4 Å². The maximum Gasteiger partial charge on any atom is 0.359 e. The van der Waals surface area contributed by atoms with Gasteiger partial charge < -0.3 is 10.1 Å². The van der Waals surface area contributed by atoms with Gasteiger partial charge in [-0.15, -0.1) is 0 Å². The predicted molar refractivity (Wildman–Crippen MR) is 114 cm³/mol. The number of carbonyl (C=O) groups excluding carboxylic acids is 2. The highest BCUT2D eigenvalue weighted by atomic mass is 16.5. The largest absolute Gasteiger partial charge is 0.451 e. The Hall–Kier alpha value is -4.27. The highest BCUT2D eigenvalue weighted by molar-refractivity contribution is 6.03. The topological polar surface area (TPSA) is 108 Å². The van der Waals surface area contributed by atoms with Crippen molar-refractivity contribution in [3.8, 4) is 5.69 Å². The third kappa shape index (κ3) is 4.06. The summed E-state index contributed by atoms with van der Waals surface area (Å²) in [5.74, 6) is -0.871. The molecular weight excluding hydrogens is 398 g/mol. The lowest BCUT2D eigenvalue weighted by Crippen LogP contribution is -2.26. The van der Waals surface area contributed by atoms with Gasteiger partial charge in [0.1, 0.15) is 5.82 Å². The van der Waals surface area contributed by atoms with Crippen LogP contribution >= 0.6 is 0 Å². The van der Waals surface area contributed by atoms with Crippen LogP contribution in [0.25, 0.3) is 16.5 Å². The Kier molecular flexibility index (Phi) is 5.31. The molecule has 0 spiro atoms. The van der Waals surface area contributed by atoms with E-state index < -0.39 is 18.5 Å². The molecule has 9 nitrogen and oxygen atoms in total. The molecule has 0 radical (unpaired) electrons. The van der Waals surface area contributed by atoms with Crippen molar-refractivity contribution < 1.29 is 14.3 Å². The van der Waals surface area contributed by atoms with Crippen LogP contribution in [0.5, 0.6) is 0 Å². The summed E-state index contributed by atoms with van der Waals surface area (Å²) in [5.41, 5.74) is 1.14. The molecule has 9 heteroatoms. The number of aromatic nitrogens is 4. The van der Waals surface area contributed by atoms with E-state index in [4.69, 9.17) is 4.74 Å². The molecule has 0 bridgehead atoms. The lowest BCUT2D eigenvalue weighted by molar-refractivity contribution is -0.119. The van der Waals surface area contributed by atoms with Gasteiger partial charge in [0.2, 0.25) is 0 Å². The lowest BCUT2D eigenvalue weighted by Gasteiger charge is -2.10. The Morgan fingerprint density at radius 1 is 1.00 bits per heavy atom. The van der Waals surface area contributed by atoms with E-state index >= 15 is 0 Å². The summed E-state index contributed by atoms with van der Waals surface area (Å²) in [5, 5.41) is 11.8. The van der Waals surface area contributed by atoms with E-state index in [1.807, 2.05) is 37.3 Å². The molecule has 4 rings (SSSR count).